The van der Waals surface area contributed by atoms with Crippen molar-refractivity contribution in [1.82, 2.24) is 10.2 Å². The number of nitrogens with zero attached hydrogens (tertiary/aromatic N) is 2. The Labute approximate surface area is 132 Å². The van der Waals surface area contributed by atoms with Crippen LogP contribution in [0.4, 0.5) is 5.13 Å². The van der Waals surface area contributed by atoms with Gasteiger partial charge in [-0.3, -0.25) is 4.79 Å². The summed E-state index contributed by atoms with van der Waals surface area (Å²) in [6, 6.07) is 7.64. The van der Waals surface area contributed by atoms with E-state index in [9.17, 15) is 4.79 Å². The van der Waals surface area contributed by atoms with E-state index in [4.69, 9.17) is 0 Å². The Hall–Kier alpha value is -1.66. The van der Waals surface area contributed by atoms with Crippen LogP contribution in [-0.2, 0) is 0 Å². The number of anilines is 1. The minimum absolute atomic E-state index is 0.107. The number of carbonyl (C=O) groups excluding carboxylic acids is 1. The molecule has 21 heavy (non-hydrogen) atoms. The Bertz CT molecular complexity index is 622. The zero-order valence-electron chi connectivity index (χ0n) is 12.0. The molecule has 0 aliphatic carbocycles. The van der Waals surface area contributed by atoms with Crippen molar-refractivity contribution in [3.63, 3.8) is 0 Å². The van der Waals surface area contributed by atoms with Gasteiger partial charge in [0.1, 0.15) is 0 Å². The van der Waals surface area contributed by atoms with Crippen LogP contribution in [0.1, 0.15) is 22.8 Å². The number of hydrogen-bond donors (Lipinski definition) is 1. The van der Waals surface area contributed by atoms with Gasteiger partial charge in [-0.05, 0) is 13.8 Å². The number of aromatic nitrogens is 2. The van der Waals surface area contributed by atoms with Crippen LogP contribution in [0.3, 0.4) is 0 Å². The van der Waals surface area contributed by atoms with Gasteiger partial charge in [0.05, 0.1) is 5.25 Å². The van der Waals surface area contributed by atoms with E-state index in [0.717, 1.165) is 20.6 Å². The highest BCUT2D eigenvalue weighted by atomic mass is 32.2. The molecule has 1 N–H and O–H groups in total. The average Bonchev–Trinajstić information content (AvgIpc) is 2.92. The lowest BCUT2D eigenvalue weighted by atomic mass is 10.1. The van der Waals surface area contributed by atoms with Crippen molar-refractivity contribution < 1.29 is 4.79 Å². The van der Waals surface area contributed by atoms with Crippen molar-refractivity contribution in [1.29, 1.82) is 0 Å². The van der Waals surface area contributed by atoms with Gasteiger partial charge in [0.25, 0.3) is 0 Å². The Kier molecular flexibility index (Phi) is 5.52. The molecule has 110 valence electrons. The molecule has 1 atom stereocenters. The van der Waals surface area contributed by atoms with Gasteiger partial charge < -0.3 is 5.32 Å². The van der Waals surface area contributed by atoms with Crippen LogP contribution >= 0.6 is 23.1 Å². The summed E-state index contributed by atoms with van der Waals surface area (Å²) in [7, 11) is 0. The first-order valence-electron chi connectivity index (χ1n) is 6.56. The molecule has 1 unspecified atom stereocenters. The highest BCUT2D eigenvalue weighted by Gasteiger charge is 2.18. The summed E-state index contributed by atoms with van der Waals surface area (Å²) in [5.74, 6) is 0.107. The molecular weight excluding hydrogens is 302 g/mol. The van der Waals surface area contributed by atoms with Gasteiger partial charge in [-0.2, -0.15) is 0 Å². The van der Waals surface area contributed by atoms with Gasteiger partial charge in [0.2, 0.25) is 5.13 Å². The summed E-state index contributed by atoms with van der Waals surface area (Å²) in [6.45, 7) is 8.19. The third-order valence-corrected chi connectivity index (χ3v) is 4.85. The standard InChI is InChI=1S/C15H17N3OS2/c1-4-9-16-14-17-18-15(21-14)20-11(3)13(19)12-7-5-10(2)6-8-12/h4-8,11H,1,9H2,2-3H3,(H,16,17). The second-order valence-electron chi connectivity index (χ2n) is 4.53. The fourth-order valence-electron chi connectivity index (χ4n) is 1.65. The predicted molar refractivity (Wildman–Crippen MR) is 89.4 cm³/mol. The summed E-state index contributed by atoms with van der Waals surface area (Å²) < 4.78 is 0.787. The number of benzene rings is 1. The predicted octanol–water partition coefficient (Wildman–Crippen LogP) is 3.81. The number of nitrogens with one attached hydrogen (secondary N) is 1. The molecule has 2 rings (SSSR count). The number of carbonyl (C=O) groups is 1. The molecule has 1 aromatic carbocycles. The van der Waals surface area contributed by atoms with Gasteiger partial charge in [0, 0.05) is 12.1 Å². The van der Waals surface area contributed by atoms with Gasteiger partial charge >= 0.3 is 0 Å². The Morgan fingerprint density at radius 2 is 2.14 bits per heavy atom. The van der Waals surface area contributed by atoms with Gasteiger partial charge in [-0.25, -0.2) is 0 Å². The van der Waals surface area contributed by atoms with Crippen molar-refractivity contribution in [2.24, 2.45) is 0 Å². The lowest BCUT2D eigenvalue weighted by Crippen LogP contribution is -2.13. The first kappa shape index (κ1) is 15.7. The topological polar surface area (TPSA) is 54.9 Å². The minimum atomic E-state index is -0.187. The van der Waals surface area contributed by atoms with Crippen molar-refractivity contribution in [2.75, 3.05) is 11.9 Å². The highest BCUT2D eigenvalue weighted by Crippen LogP contribution is 2.30. The van der Waals surface area contributed by atoms with E-state index in [1.807, 2.05) is 38.1 Å². The van der Waals surface area contributed by atoms with Gasteiger partial charge in [0.15, 0.2) is 10.1 Å². The average molecular weight is 319 g/mol. The first-order chi connectivity index (χ1) is 10.1. The van der Waals surface area contributed by atoms with Crippen LogP contribution < -0.4 is 5.32 Å². The SMILES string of the molecule is C=CCNc1nnc(SC(C)C(=O)c2ccc(C)cc2)s1. The fraction of sp³-hybridized carbons (Fsp3) is 0.267. The minimum Gasteiger partial charge on any atom is -0.357 e. The zero-order chi connectivity index (χ0) is 15.2. The monoisotopic (exact) mass is 319 g/mol. The molecule has 4 nitrogen and oxygen atoms in total. The third kappa shape index (κ3) is 4.41. The molecule has 0 fully saturated rings. The third-order valence-electron chi connectivity index (χ3n) is 2.79. The quantitative estimate of drug-likeness (QED) is 0.478. The Morgan fingerprint density at radius 3 is 2.81 bits per heavy atom. The lowest BCUT2D eigenvalue weighted by Gasteiger charge is -2.08. The molecule has 0 aliphatic heterocycles. The Morgan fingerprint density at radius 1 is 1.43 bits per heavy atom. The van der Waals surface area contributed by atoms with E-state index in [0.29, 0.717) is 6.54 Å². The summed E-state index contributed by atoms with van der Waals surface area (Å²) in [6.07, 6.45) is 1.76. The second-order valence-corrected chi connectivity index (χ2v) is 7.10. The number of Topliss-reactive ketones (excluding diaryl/α,β-unsaturated/α-hetero) is 1. The van der Waals surface area contributed by atoms with Crippen LogP contribution in [0.5, 0.6) is 0 Å². The summed E-state index contributed by atoms with van der Waals surface area (Å²) in [5, 5.41) is 11.7. The molecule has 0 spiro atoms. The molecule has 0 amide bonds. The number of rotatable bonds is 7. The van der Waals surface area contributed by atoms with Crippen molar-refractivity contribution >= 4 is 34.0 Å². The highest BCUT2D eigenvalue weighted by molar-refractivity contribution is 8.02. The summed E-state index contributed by atoms with van der Waals surface area (Å²) in [5.41, 5.74) is 1.88. The van der Waals surface area contributed by atoms with E-state index in [1.54, 1.807) is 6.08 Å². The molecule has 2 aromatic rings. The first-order valence-corrected chi connectivity index (χ1v) is 8.25. The molecule has 0 saturated carbocycles. The molecule has 1 heterocycles. The van der Waals surface area contributed by atoms with E-state index in [1.165, 1.54) is 23.1 Å². The molecule has 0 saturated heterocycles. The molecule has 0 aliphatic rings. The number of ketones is 1. The van der Waals surface area contributed by atoms with Crippen LogP contribution in [0.25, 0.3) is 0 Å². The maximum absolute atomic E-state index is 12.3. The smallest absolute Gasteiger partial charge is 0.206 e. The number of thioether (sulfide) groups is 1. The van der Waals surface area contributed by atoms with Gasteiger partial charge in [-0.1, -0.05) is 59.0 Å². The van der Waals surface area contributed by atoms with E-state index in [2.05, 4.69) is 22.1 Å². The van der Waals surface area contributed by atoms with Crippen molar-refractivity contribution in [3.8, 4) is 0 Å². The van der Waals surface area contributed by atoms with Gasteiger partial charge in [-0.15, -0.1) is 16.8 Å². The van der Waals surface area contributed by atoms with Crippen molar-refractivity contribution in [2.45, 2.75) is 23.4 Å². The zero-order valence-corrected chi connectivity index (χ0v) is 13.6. The Balaban J connectivity index is 1.98. The largest absolute Gasteiger partial charge is 0.357 e. The van der Waals surface area contributed by atoms with Crippen LogP contribution in [0.2, 0.25) is 0 Å². The van der Waals surface area contributed by atoms with E-state index >= 15 is 0 Å². The lowest BCUT2D eigenvalue weighted by molar-refractivity contribution is 0.0994. The van der Waals surface area contributed by atoms with Crippen molar-refractivity contribution in [3.05, 3.63) is 48.0 Å². The summed E-state index contributed by atoms with van der Waals surface area (Å²) in [4.78, 5) is 12.3. The van der Waals surface area contributed by atoms with E-state index in [-0.39, 0.29) is 11.0 Å². The van der Waals surface area contributed by atoms with E-state index < -0.39 is 0 Å². The molecule has 6 heteroatoms. The van der Waals surface area contributed by atoms with Crippen LogP contribution in [0.15, 0.2) is 41.3 Å². The summed E-state index contributed by atoms with van der Waals surface area (Å²) >= 11 is 2.88. The second kappa shape index (κ2) is 7.38. The molecule has 0 bridgehead atoms. The maximum Gasteiger partial charge on any atom is 0.206 e. The molecule has 0 radical (unpaired) electrons. The maximum atomic E-state index is 12.3. The van der Waals surface area contributed by atoms with Crippen LogP contribution in [-0.4, -0.2) is 27.8 Å². The fourth-order valence-corrected chi connectivity index (χ4v) is 3.63. The normalized spacial score (nSPS) is 11.9. The number of hydrogen-bond acceptors (Lipinski definition) is 6. The molecular formula is C15H17N3OS2. The molecule has 1 aromatic heterocycles. The number of aryl methyl sites for hydroxylation is 1. The van der Waals surface area contributed by atoms with Crippen LogP contribution in [0, 0.1) is 6.92 Å².